The Labute approximate surface area is 131 Å². The Kier molecular flexibility index (Phi) is 5.04. The topological polar surface area (TPSA) is 38.3 Å². The number of aryl methyl sites for hydroxylation is 1. The molecule has 0 aliphatic rings. The van der Waals surface area contributed by atoms with Crippen molar-refractivity contribution in [3.63, 3.8) is 0 Å². The SMILES string of the molecule is Cc1ccc(Br)cc1NC(=O)COc1ccc(Cl)cc1. The summed E-state index contributed by atoms with van der Waals surface area (Å²) in [4.78, 5) is 11.8. The van der Waals surface area contributed by atoms with E-state index in [0.29, 0.717) is 10.8 Å². The summed E-state index contributed by atoms with van der Waals surface area (Å²) in [6.07, 6.45) is 0. The molecule has 1 amide bonds. The van der Waals surface area contributed by atoms with Crippen molar-refractivity contribution in [1.82, 2.24) is 0 Å². The lowest BCUT2D eigenvalue weighted by Gasteiger charge is -2.10. The Balaban J connectivity index is 1.92. The van der Waals surface area contributed by atoms with Crippen LogP contribution in [0.15, 0.2) is 46.9 Å². The molecule has 5 heteroatoms. The molecule has 3 nitrogen and oxygen atoms in total. The van der Waals surface area contributed by atoms with Crippen molar-refractivity contribution in [1.29, 1.82) is 0 Å². The zero-order valence-corrected chi connectivity index (χ0v) is 13.2. The molecule has 0 spiro atoms. The molecule has 2 aromatic rings. The second kappa shape index (κ2) is 6.77. The predicted octanol–water partition coefficient (Wildman–Crippen LogP) is 4.43. The van der Waals surface area contributed by atoms with E-state index in [4.69, 9.17) is 16.3 Å². The van der Waals surface area contributed by atoms with Crippen LogP contribution in [0.5, 0.6) is 5.75 Å². The lowest BCUT2D eigenvalue weighted by atomic mass is 10.2. The average Bonchev–Trinajstić information content (AvgIpc) is 2.42. The van der Waals surface area contributed by atoms with E-state index in [1.54, 1.807) is 24.3 Å². The molecule has 2 aromatic carbocycles. The monoisotopic (exact) mass is 353 g/mol. The number of benzene rings is 2. The fraction of sp³-hybridized carbons (Fsp3) is 0.133. The Morgan fingerprint density at radius 3 is 2.65 bits per heavy atom. The first-order chi connectivity index (χ1) is 9.54. The molecular weight excluding hydrogens is 342 g/mol. The van der Waals surface area contributed by atoms with Gasteiger partial charge in [-0.1, -0.05) is 33.6 Å². The smallest absolute Gasteiger partial charge is 0.262 e. The molecule has 0 aromatic heterocycles. The van der Waals surface area contributed by atoms with Gasteiger partial charge in [-0.3, -0.25) is 4.79 Å². The Morgan fingerprint density at radius 1 is 1.25 bits per heavy atom. The molecule has 0 fully saturated rings. The molecule has 0 atom stereocenters. The molecule has 0 saturated carbocycles. The van der Waals surface area contributed by atoms with Gasteiger partial charge < -0.3 is 10.1 Å². The summed E-state index contributed by atoms with van der Waals surface area (Å²) in [6.45, 7) is 1.88. The number of hydrogen-bond acceptors (Lipinski definition) is 2. The highest BCUT2D eigenvalue weighted by Gasteiger charge is 2.06. The molecule has 0 saturated heterocycles. The van der Waals surface area contributed by atoms with E-state index < -0.39 is 0 Å². The Hall–Kier alpha value is -1.52. The number of amides is 1. The molecule has 0 aliphatic carbocycles. The Bertz CT molecular complexity index is 614. The number of nitrogens with one attached hydrogen (secondary N) is 1. The van der Waals surface area contributed by atoms with Crippen molar-refractivity contribution < 1.29 is 9.53 Å². The molecule has 0 bridgehead atoms. The number of hydrogen-bond donors (Lipinski definition) is 1. The maximum Gasteiger partial charge on any atom is 0.262 e. The van der Waals surface area contributed by atoms with Crippen LogP contribution in [0.25, 0.3) is 0 Å². The molecule has 0 aliphatic heterocycles. The zero-order valence-electron chi connectivity index (χ0n) is 10.8. The summed E-state index contributed by atoms with van der Waals surface area (Å²) in [5.41, 5.74) is 1.76. The molecule has 0 unspecified atom stereocenters. The minimum Gasteiger partial charge on any atom is -0.484 e. The first-order valence-electron chi connectivity index (χ1n) is 5.99. The first-order valence-corrected chi connectivity index (χ1v) is 7.16. The average molecular weight is 355 g/mol. The van der Waals surface area contributed by atoms with Gasteiger partial charge in [0.1, 0.15) is 5.75 Å². The van der Waals surface area contributed by atoms with Crippen LogP contribution in [0.1, 0.15) is 5.56 Å². The number of carbonyl (C=O) groups is 1. The van der Waals surface area contributed by atoms with E-state index in [-0.39, 0.29) is 12.5 Å². The van der Waals surface area contributed by atoms with E-state index >= 15 is 0 Å². The summed E-state index contributed by atoms with van der Waals surface area (Å²) < 4.78 is 6.30. The highest BCUT2D eigenvalue weighted by Crippen LogP contribution is 2.20. The van der Waals surface area contributed by atoms with Crippen LogP contribution < -0.4 is 10.1 Å². The number of anilines is 1. The number of ether oxygens (including phenoxy) is 1. The van der Waals surface area contributed by atoms with Gasteiger partial charge in [0.05, 0.1) is 0 Å². The van der Waals surface area contributed by atoms with Gasteiger partial charge >= 0.3 is 0 Å². The quantitative estimate of drug-likeness (QED) is 0.882. The van der Waals surface area contributed by atoms with Crippen molar-refractivity contribution in [2.24, 2.45) is 0 Å². The molecule has 2 rings (SSSR count). The molecule has 1 N–H and O–H groups in total. The molecular formula is C15H13BrClNO2. The fourth-order valence-corrected chi connectivity index (χ4v) is 2.08. The van der Waals surface area contributed by atoms with E-state index in [2.05, 4.69) is 21.2 Å². The highest BCUT2D eigenvalue weighted by atomic mass is 79.9. The van der Waals surface area contributed by atoms with Crippen LogP contribution in [0.3, 0.4) is 0 Å². The van der Waals surface area contributed by atoms with E-state index in [1.807, 2.05) is 25.1 Å². The maximum atomic E-state index is 11.8. The first kappa shape index (κ1) is 14.9. The van der Waals surface area contributed by atoms with E-state index in [9.17, 15) is 4.79 Å². The van der Waals surface area contributed by atoms with E-state index in [0.717, 1.165) is 15.7 Å². The highest BCUT2D eigenvalue weighted by molar-refractivity contribution is 9.10. The van der Waals surface area contributed by atoms with Crippen molar-refractivity contribution in [3.8, 4) is 5.75 Å². The minimum atomic E-state index is -0.207. The van der Waals surface area contributed by atoms with Gasteiger partial charge in [0.2, 0.25) is 0 Å². The second-order valence-corrected chi connectivity index (χ2v) is 5.60. The van der Waals surface area contributed by atoms with Crippen LogP contribution in [0.4, 0.5) is 5.69 Å². The van der Waals surface area contributed by atoms with Crippen molar-refractivity contribution >= 4 is 39.1 Å². The van der Waals surface area contributed by atoms with Crippen LogP contribution in [0, 0.1) is 6.92 Å². The van der Waals surface area contributed by atoms with Crippen LogP contribution in [0.2, 0.25) is 5.02 Å². The van der Waals surface area contributed by atoms with Crippen LogP contribution in [-0.4, -0.2) is 12.5 Å². The van der Waals surface area contributed by atoms with Crippen LogP contribution in [-0.2, 0) is 4.79 Å². The predicted molar refractivity (Wildman–Crippen MR) is 84.5 cm³/mol. The normalized spacial score (nSPS) is 10.2. The van der Waals surface area contributed by atoms with E-state index in [1.165, 1.54) is 0 Å². The minimum absolute atomic E-state index is 0.0480. The van der Waals surface area contributed by atoms with Crippen molar-refractivity contribution in [3.05, 3.63) is 57.5 Å². The third-order valence-corrected chi connectivity index (χ3v) is 3.40. The number of rotatable bonds is 4. The molecule has 0 radical (unpaired) electrons. The van der Waals surface area contributed by atoms with Crippen molar-refractivity contribution in [2.75, 3.05) is 11.9 Å². The lowest BCUT2D eigenvalue weighted by Crippen LogP contribution is -2.20. The number of halogens is 2. The second-order valence-electron chi connectivity index (χ2n) is 4.25. The molecule has 104 valence electrons. The number of carbonyl (C=O) groups excluding carboxylic acids is 1. The Morgan fingerprint density at radius 2 is 1.95 bits per heavy atom. The van der Waals surface area contributed by atoms with Gasteiger partial charge in [0.15, 0.2) is 6.61 Å². The lowest BCUT2D eigenvalue weighted by molar-refractivity contribution is -0.118. The standard InChI is InChI=1S/C15H13BrClNO2/c1-10-2-3-11(16)8-14(10)18-15(19)9-20-13-6-4-12(17)5-7-13/h2-8H,9H2,1H3,(H,18,19). The summed E-state index contributed by atoms with van der Waals surface area (Å²) >= 11 is 9.15. The van der Waals surface area contributed by atoms with Gasteiger partial charge in [0.25, 0.3) is 5.91 Å². The van der Waals surface area contributed by atoms with Gasteiger partial charge in [-0.15, -0.1) is 0 Å². The zero-order chi connectivity index (χ0) is 14.5. The van der Waals surface area contributed by atoms with Crippen molar-refractivity contribution in [2.45, 2.75) is 6.92 Å². The third-order valence-electron chi connectivity index (χ3n) is 2.66. The molecule has 20 heavy (non-hydrogen) atoms. The maximum absolute atomic E-state index is 11.8. The van der Waals surface area contributed by atoms with Gasteiger partial charge in [-0.25, -0.2) is 0 Å². The molecule has 0 heterocycles. The fourth-order valence-electron chi connectivity index (χ4n) is 1.59. The third kappa shape index (κ3) is 4.25. The van der Waals surface area contributed by atoms with Gasteiger partial charge in [-0.2, -0.15) is 0 Å². The largest absolute Gasteiger partial charge is 0.484 e. The summed E-state index contributed by atoms with van der Waals surface area (Å²) in [7, 11) is 0. The summed E-state index contributed by atoms with van der Waals surface area (Å²) in [5, 5.41) is 3.44. The summed E-state index contributed by atoms with van der Waals surface area (Å²) in [5.74, 6) is 0.400. The van der Waals surface area contributed by atoms with Gasteiger partial charge in [-0.05, 0) is 48.9 Å². The summed E-state index contributed by atoms with van der Waals surface area (Å²) in [6, 6.07) is 12.6. The van der Waals surface area contributed by atoms with Gasteiger partial charge in [0, 0.05) is 15.2 Å². The van der Waals surface area contributed by atoms with Crippen LogP contribution >= 0.6 is 27.5 Å².